The molecule has 1 aromatic heterocycles. The molecule has 0 atom stereocenters. The van der Waals surface area contributed by atoms with Gasteiger partial charge in [-0.2, -0.15) is 5.26 Å². The average Bonchev–Trinajstić information content (AvgIpc) is 2.50. The SMILES string of the molecule is COCc1c(CO)nnn1CC#N. The maximum atomic E-state index is 8.87. The Bertz CT molecular complexity index is 315. The standard InChI is InChI=1S/C7H10N4O2/c1-13-5-7-6(4-12)9-10-11(7)3-2-8/h12H,3-5H2,1H3. The summed E-state index contributed by atoms with van der Waals surface area (Å²) < 4.78 is 6.31. The van der Waals surface area contributed by atoms with Crippen molar-refractivity contribution in [2.75, 3.05) is 7.11 Å². The van der Waals surface area contributed by atoms with Gasteiger partial charge in [-0.05, 0) is 0 Å². The van der Waals surface area contributed by atoms with E-state index >= 15 is 0 Å². The zero-order chi connectivity index (χ0) is 9.68. The molecule has 6 heteroatoms. The Kier molecular flexibility index (Phi) is 3.37. The Balaban J connectivity index is 2.93. The molecule has 6 nitrogen and oxygen atoms in total. The van der Waals surface area contributed by atoms with Crippen LogP contribution < -0.4 is 0 Å². The first-order valence-electron chi connectivity index (χ1n) is 3.71. The van der Waals surface area contributed by atoms with E-state index in [-0.39, 0.29) is 13.2 Å². The zero-order valence-corrected chi connectivity index (χ0v) is 7.27. The lowest BCUT2D eigenvalue weighted by atomic mass is 10.3. The fraction of sp³-hybridized carbons (Fsp3) is 0.571. The Labute approximate surface area is 75.4 Å². The lowest BCUT2D eigenvalue weighted by Gasteiger charge is -2.01. The second-order valence-electron chi connectivity index (χ2n) is 2.39. The molecule has 0 unspecified atom stereocenters. The number of hydrogen-bond acceptors (Lipinski definition) is 5. The molecule has 0 saturated carbocycles. The minimum Gasteiger partial charge on any atom is -0.390 e. The summed E-state index contributed by atoms with van der Waals surface area (Å²) in [5.74, 6) is 0. The highest BCUT2D eigenvalue weighted by Gasteiger charge is 2.10. The van der Waals surface area contributed by atoms with Crippen molar-refractivity contribution in [3.8, 4) is 6.07 Å². The van der Waals surface area contributed by atoms with Crippen LogP contribution in [0.3, 0.4) is 0 Å². The minimum absolute atomic E-state index is 0.117. The smallest absolute Gasteiger partial charge is 0.130 e. The van der Waals surface area contributed by atoms with Gasteiger partial charge in [0.25, 0.3) is 0 Å². The first-order valence-corrected chi connectivity index (χ1v) is 3.71. The molecular formula is C7H10N4O2. The molecular weight excluding hydrogens is 172 g/mol. The molecule has 0 aliphatic heterocycles. The van der Waals surface area contributed by atoms with Crippen molar-refractivity contribution in [1.82, 2.24) is 15.0 Å². The highest BCUT2D eigenvalue weighted by Crippen LogP contribution is 2.06. The van der Waals surface area contributed by atoms with Gasteiger partial charge in [0, 0.05) is 7.11 Å². The maximum absolute atomic E-state index is 8.87. The number of methoxy groups -OCH3 is 1. The molecule has 13 heavy (non-hydrogen) atoms. The maximum Gasteiger partial charge on any atom is 0.130 e. The number of aromatic nitrogens is 3. The first kappa shape index (κ1) is 9.64. The summed E-state index contributed by atoms with van der Waals surface area (Å²) in [6.07, 6.45) is 0. The summed E-state index contributed by atoms with van der Waals surface area (Å²) in [6, 6.07) is 1.94. The number of hydrogen-bond donors (Lipinski definition) is 1. The van der Waals surface area contributed by atoms with E-state index in [1.807, 2.05) is 6.07 Å². The molecule has 0 saturated heterocycles. The Morgan fingerprint density at radius 1 is 1.69 bits per heavy atom. The van der Waals surface area contributed by atoms with Crippen LogP contribution in [-0.2, 0) is 24.5 Å². The zero-order valence-electron chi connectivity index (χ0n) is 7.27. The third kappa shape index (κ3) is 2.02. The molecule has 70 valence electrons. The van der Waals surface area contributed by atoms with E-state index in [9.17, 15) is 0 Å². The van der Waals surface area contributed by atoms with Gasteiger partial charge < -0.3 is 9.84 Å². The molecule has 0 amide bonds. The minimum atomic E-state index is -0.190. The van der Waals surface area contributed by atoms with Crippen LogP contribution in [0.4, 0.5) is 0 Å². The number of aliphatic hydroxyl groups is 1. The van der Waals surface area contributed by atoms with E-state index < -0.39 is 0 Å². The molecule has 0 aliphatic carbocycles. The van der Waals surface area contributed by atoms with Crippen LogP contribution in [0, 0.1) is 11.3 Å². The summed E-state index contributed by atoms with van der Waals surface area (Å²) in [7, 11) is 1.53. The molecule has 1 N–H and O–H groups in total. The average molecular weight is 182 g/mol. The van der Waals surface area contributed by atoms with E-state index in [1.54, 1.807) is 0 Å². The largest absolute Gasteiger partial charge is 0.390 e. The molecule has 1 heterocycles. The lowest BCUT2D eigenvalue weighted by Crippen LogP contribution is -2.06. The molecule has 0 fully saturated rings. The predicted molar refractivity (Wildman–Crippen MR) is 42.3 cm³/mol. The number of ether oxygens (including phenoxy) is 1. The highest BCUT2D eigenvalue weighted by molar-refractivity contribution is 5.08. The van der Waals surface area contributed by atoms with E-state index in [1.165, 1.54) is 11.8 Å². The van der Waals surface area contributed by atoms with Crippen LogP contribution in [0.5, 0.6) is 0 Å². The fourth-order valence-electron chi connectivity index (χ4n) is 0.980. The molecule has 0 spiro atoms. The highest BCUT2D eigenvalue weighted by atomic mass is 16.5. The summed E-state index contributed by atoms with van der Waals surface area (Å²) in [5.41, 5.74) is 1.10. The summed E-state index contributed by atoms with van der Waals surface area (Å²) >= 11 is 0. The van der Waals surface area contributed by atoms with Crippen LogP contribution in [0.1, 0.15) is 11.4 Å². The van der Waals surface area contributed by atoms with E-state index in [0.29, 0.717) is 18.0 Å². The van der Waals surface area contributed by atoms with Crippen LogP contribution in [0.25, 0.3) is 0 Å². The molecule has 0 aliphatic rings. The van der Waals surface area contributed by atoms with Gasteiger partial charge >= 0.3 is 0 Å². The van der Waals surface area contributed by atoms with Crippen LogP contribution in [0.15, 0.2) is 0 Å². The van der Waals surface area contributed by atoms with Gasteiger partial charge in [0.05, 0.1) is 25.0 Å². The van der Waals surface area contributed by atoms with Crippen molar-refractivity contribution < 1.29 is 9.84 Å². The van der Waals surface area contributed by atoms with Crippen molar-refractivity contribution in [3.63, 3.8) is 0 Å². The number of aliphatic hydroxyl groups excluding tert-OH is 1. The molecule has 0 bridgehead atoms. The van der Waals surface area contributed by atoms with Crippen LogP contribution in [-0.4, -0.2) is 27.2 Å². The van der Waals surface area contributed by atoms with E-state index in [0.717, 1.165) is 0 Å². The van der Waals surface area contributed by atoms with Gasteiger partial charge in [-0.15, -0.1) is 5.10 Å². The molecule has 0 aromatic carbocycles. The molecule has 1 rings (SSSR count). The molecule has 0 radical (unpaired) electrons. The van der Waals surface area contributed by atoms with Crippen molar-refractivity contribution in [2.45, 2.75) is 19.8 Å². The quantitative estimate of drug-likeness (QED) is 0.674. The number of nitrogens with zero attached hydrogens (tertiary/aromatic N) is 4. The Morgan fingerprint density at radius 2 is 2.46 bits per heavy atom. The Morgan fingerprint density at radius 3 is 3.00 bits per heavy atom. The topological polar surface area (TPSA) is 84.0 Å². The molecule has 1 aromatic rings. The van der Waals surface area contributed by atoms with Gasteiger partial charge in [-0.25, -0.2) is 4.68 Å². The van der Waals surface area contributed by atoms with Gasteiger partial charge in [0.15, 0.2) is 0 Å². The second-order valence-corrected chi connectivity index (χ2v) is 2.39. The predicted octanol–water partition coefficient (Wildman–Crippen LogP) is -0.560. The second kappa shape index (κ2) is 4.54. The van der Waals surface area contributed by atoms with E-state index in [4.69, 9.17) is 15.1 Å². The third-order valence-electron chi connectivity index (χ3n) is 1.57. The lowest BCUT2D eigenvalue weighted by molar-refractivity contribution is 0.173. The normalized spacial score (nSPS) is 9.92. The monoisotopic (exact) mass is 182 g/mol. The Hall–Kier alpha value is -1.45. The summed E-state index contributed by atoms with van der Waals surface area (Å²) in [4.78, 5) is 0. The first-order chi connectivity index (χ1) is 6.33. The van der Waals surface area contributed by atoms with E-state index in [2.05, 4.69) is 10.3 Å². The van der Waals surface area contributed by atoms with Gasteiger partial charge in [-0.1, -0.05) is 5.21 Å². The number of nitriles is 1. The van der Waals surface area contributed by atoms with Gasteiger partial charge in [-0.3, -0.25) is 0 Å². The summed E-state index contributed by atoms with van der Waals surface area (Å²) in [6.45, 7) is 0.223. The van der Waals surface area contributed by atoms with Crippen LogP contribution in [0.2, 0.25) is 0 Å². The van der Waals surface area contributed by atoms with Crippen molar-refractivity contribution in [1.29, 1.82) is 5.26 Å². The van der Waals surface area contributed by atoms with Gasteiger partial charge in [0.2, 0.25) is 0 Å². The van der Waals surface area contributed by atoms with Crippen LogP contribution >= 0.6 is 0 Å². The van der Waals surface area contributed by atoms with Crippen molar-refractivity contribution >= 4 is 0 Å². The fourth-order valence-corrected chi connectivity index (χ4v) is 0.980. The van der Waals surface area contributed by atoms with Crippen molar-refractivity contribution in [2.24, 2.45) is 0 Å². The third-order valence-corrected chi connectivity index (χ3v) is 1.57. The number of rotatable bonds is 4. The summed E-state index contributed by atoms with van der Waals surface area (Å²) in [5, 5.41) is 24.7. The van der Waals surface area contributed by atoms with Gasteiger partial charge in [0.1, 0.15) is 12.2 Å². The van der Waals surface area contributed by atoms with Crippen molar-refractivity contribution in [3.05, 3.63) is 11.4 Å².